The molecule has 3 aromatic rings. The number of amides is 1. The van der Waals surface area contributed by atoms with Gasteiger partial charge in [0.05, 0.1) is 18.2 Å². The maximum atomic E-state index is 12.8. The minimum absolute atomic E-state index is 0.110. The fourth-order valence-corrected chi connectivity index (χ4v) is 3.17. The van der Waals surface area contributed by atoms with Crippen LogP contribution in [0.25, 0.3) is 11.3 Å². The van der Waals surface area contributed by atoms with Crippen molar-refractivity contribution in [1.82, 2.24) is 15.4 Å². The van der Waals surface area contributed by atoms with Crippen LogP contribution in [-0.4, -0.2) is 43.2 Å². The summed E-state index contributed by atoms with van der Waals surface area (Å²) in [5, 5.41) is 6.60. The van der Waals surface area contributed by atoms with Crippen LogP contribution in [0.4, 0.5) is 13.2 Å². The van der Waals surface area contributed by atoms with Crippen molar-refractivity contribution in [1.29, 1.82) is 0 Å². The van der Waals surface area contributed by atoms with Gasteiger partial charge in [0.15, 0.2) is 11.5 Å². The van der Waals surface area contributed by atoms with E-state index in [9.17, 15) is 18.0 Å². The summed E-state index contributed by atoms with van der Waals surface area (Å²) in [5.41, 5.74) is 0.792. The number of ether oxygens (including phenoxy) is 1. The van der Waals surface area contributed by atoms with E-state index in [-0.39, 0.29) is 18.3 Å². The molecule has 0 radical (unpaired) electrons. The molecule has 9 heteroatoms. The maximum Gasteiger partial charge on any atom is 0.416 e. The van der Waals surface area contributed by atoms with E-state index in [1.165, 1.54) is 18.2 Å². The normalized spacial score (nSPS) is 12.6. The van der Waals surface area contributed by atoms with Crippen molar-refractivity contribution in [3.63, 3.8) is 0 Å². The van der Waals surface area contributed by atoms with Gasteiger partial charge in [0.25, 0.3) is 5.91 Å². The second-order valence-corrected chi connectivity index (χ2v) is 7.34. The van der Waals surface area contributed by atoms with E-state index < -0.39 is 17.6 Å². The van der Waals surface area contributed by atoms with Gasteiger partial charge in [-0.1, -0.05) is 17.3 Å². The van der Waals surface area contributed by atoms with E-state index in [0.29, 0.717) is 17.9 Å². The second kappa shape index (κ2) is 9.86. The number of nitrogens with one attached hydrogen (secondary N) is 1. The molecule has 0 aliphatic carbocycles. The SMILES string of the molecule is CCOc1ccc(-c2cc(C(=O)NCC(c3ccc(C(F)(F)F)cc3)N(C)C)no2)cc1. The van der Waals surface area contributed by atoms with Gasteiger partial charge < -0.3 is 19.5 Å². The van der Waals surface area contributed by atoms with Crippen molar-refractivity contribution < 1.29 is 27.2 Å². The molecule has 0 spiro atoms. The average Bonchev–Trinajstić information content (AvgIpc) is 3.24. The Hall–Kier alpha value is -3.33. The summed E-state index contributed by atoms with van der Waals surface area (Å²) >= 11 is 0. The zero-order valence-corrected chi connectivity index (χ0v) is 17.9. The fourth-order valence-electron chi connectivity index (χ4n) is 3.17. The van der Waals surface area contributed by atoms with Crippen LogP contribution in [0.1, 0.15) is 34.6 Å². The highest BCUT2D eigenvalue weighted by molar-refractivity contribution is 5.93. The van der Waals surface area contributed by atoms with Crippen LogP contribution in [-0.2, 0) is 6.18 Å². The molecule has 1 heterocycles. The fraction of sp³-hybridized carbons (Fsp3) is 0.304. The smallest absolute Gasteiger partial charge is 0.416 e. The Labute approximate surface area is 184 Å². The molecule has 3 rings (SSSR count). The van der Waals surface area contributed by atoms with Gasteiger partial charge in [-0.05, 0) is 63.0 Å². The Balaban J connectivity index is 1.66. The Morgan fingerprint density at radius 1 is 1.12 bits per heavy atom. The number of halogens is 3. The first-order valence-corrected chi connectivity index (χ1v) is 10.0. The lowest BCUT2D eigenvalue weighted by atomic mass is 10.0. The molecule has 170 valence electrons. The molecule has 0 saturated carbocycles. The van der Waals surface area contributed by atoms with Gasteiger partial charge in [0.1, 0.15) is 5.75 Å². The first kappa shape index (κ1) is 23.3. The number of hydrogen-bond acceptors (Lipinski definition) is 5. The second-order valence-electron chi connectivity index (χ2n) is 7.34. The number of aromatic nitrogens is 1. The molecule has 0 aliphatic rings. The van der Waals surface area contributed by atoms with Crippen molar-refractivity contribution in [2.75, 3.05) is 27.2 Å². The van der Waals surface area contributed by atoms with Gasteiger partial charge in [-0.3, -0.25) is 4.79 Å². The van der Waals surface area contributed by atoms with Crippen LogP contribution in [0, 0.1) is 0 Å². The Kier molecular flexibility index (Phi) is 7.19. The van der Waals surface area contributed by atoms with E-state index in [4.69, 9.17) is 9.26 Å². The van der Waals surface area contributed by atoms with Crippen molar-refractivity contribution in [3.8, 4) is 17.1 Å². The van der Waals surface area contributed by atoms with E-state index in [0.717, 1.165) is 23.4 Å². The van der Waals surface area contributed by atoms with Gasteiger partial charge in [0, 0.05) is 18.2 Å². The lowest BCUT2D eigenvalue weighted by molar-refractivity contribution is -0.137. The Morgan fingerprint density at radius 3 is 2.34 bits per heavy atom. The first-order chi connectivity index (χ1) is 15.2. The van der Waals surface area contributed by atoms with Crippen molar-refractivity contribution in [2.45, 2.75) is 19.1 Å². The monoisotopic (exact) mass is 447 g/mol. The van der Waals surface area contributed by atoms with E-state index in [1.807, 2.05) is 11.8 Å². The summed E-state index contributed by atoms with van der Waals surface area (Å²) in [7, 11) is 3.57. The van der Waals surface area contributed by atoms with Crippen molar-refractivity contribution in [2.24, 2.45) is 0 Å². The zero-order valence-electron chi connectivity index (χ0n) is 17.9. The number of likely N-dealkylation sites (N-methyl/N-ethyl adjacent to an activating group) is 1. The van der Waals surface area contributed by atoms with Crippen LogP contribution >= 0.6 is 0 Å². The van der Waals surface area contributed by atoms with E-state index >= 15 is 0 Å². The van der Waals surface area contributed by atoms with Crippen molar-refractivity contribution >= 4 is 5.91 Å². The number of hydrogen-bond donors (Lipinski definition) is 1. The molecule has 0 saturated heterocycles. The number of rotatable bonds is 8. The van der Waals surface area contributed by atoms with E-state index in [1.54, 1.807) is 38.4 Å². The minimum atomic E-state index is -4.39. The standard InChI is InChI=1S/C23H24F3N3O3/c1-4-31-18-11-7-16(8-12-18)21-13-19(28-32-21)22(30)27-14-20(29(2)3)15-5-9-17(10-6-15)23(24,25)26/h5-13,20H,4,14H2,1-3H3,(H,27,30). The molecule has 2 aromatic carbocycles. The van der Waals surface area contributed by atoms with Crippen LogP contribution in [0.15, 0.2) is 59.1 Å². The highest BCUT2D eigenvalue weighted by Gasteiger charge is 2.30. The maximum absolute atomic E-state index is 12.8. The molecule has 6 nitrogen and oxygen atoms in total. The molecule has 0 aliphatic heterocycles. The molecule has 1 amide bonds. The van der Waals surface area contributed by atoms with E-state index in [2.05, 4.69) is 10.5 Å². The highest BCUT2D eigenvalue weighted by Crippen LogP contribution is 2.30. The number of carbonyl (C=O) groups is 1. The lowest BCUT2D eigenvalue weighted by Gasteiger charge is -2.25. The number of benzene rings is 2. The van der Waals surface area contributed by atoms with Crippen LogP contribution < -0.4 is 10.1 Å². The predicted molar refractivity (Wildman–Crippen MR) is 113 cm³/mol. The van der Waals surface area contributed by atoms with Gasteiger partial charge in [-0.25, -0.2) is 0 Å². The quantitative estimate of drug-likeness (QED) is 0.538. The number of carbonyl (C=O) groups excluding carboxylic acids is 1. The molecule has 1 unspecified atom stereocenters. The molecule has 1 aromatic heterocycles. The summed E-state index contributed by atoms with van der Waals surface area (Å²) in [6, 6.07) is 13.3. The Bertz CT molecular complexity index is 1030. The first-order valence-electron chi connectivity index (χ1n) is 10.0. The third kappa shape index (κ3) is 5.67. The molecule has 32 heavy (non-hydrogen) atoms. The number of alkyl halides is 3. The average molecular weight is 447 g/mol. The third-order valence-electron chi connectivity index (χ3n) is 4.89. The summed E-state index contributed by atoms with van der Waals surface area (Å²) in [6.45, 7) is 2.64. The predicted octanol–water partition coefficient (Wildman–Crippen LogP) is 4.79. The number of nitrogens with zero attached hydrogens (tertiary/aromatic N) is 2. The molecular weight excluding hydrogens is 423 g/mol. The van der Waals surface area contributed by atoms with Gasteiger partial charge in [-0.15, -0.1) is 0 Å². The third-order valence-corrected chi connectivity index (χ3v) is 4.89. The molecule has 0 bridgehead atoms. The minimum Gasteiger partial charge on any atom is -0.494 e. The topological polar surface area (TPSA) is 67.6 Å². The molecule has 1 N–H and O–H groups in total. The largest absolute Gasteiger partial charge is 0.494 e. The van der Waals surface area contributed by atoms with Crippen LogP contribution in [0.5, 0.6) is 5.75 Å². The summed E-state index contributed by atoms with van der Waals surface area (Å²) in [4.78, 5) is 14.4. The van der Waals surface area contributed by atoms with Crippen LogP contribution in [0.3, 0.4) is 0 Å². The summed E-state index contributed by atoms with van der Waals surface area (Å²) in [6.07, 6.45) is -4.39. The molecule has 1 atom stereocenters. The summed E-state index contributed by atoms with van der Waals surface area (Å²) in [5.74, 6) is 0.724. The van der Waals surface area contributed by atoms with Crippen molar-refractivity contribution in [3.05, 3.63) is 71.4 Å². The lowest BCUT2D eigenvalue weighted by Crippen LogP contribution is -2.34. The van der Waals surface area contributed by atoms with Gasteiger partial charge in [-0.2, -0.15) is 13.2 Å². The summed E-state index contributed by atoms with van der Waals surface area (Å²) < 4.78 is 49.1. The molecular formula is C23H24F3N3O3. The molecule has 0 fully saturated rings. The van der Waals surface area contributed by atoms with Crippen LogP contribution in [0.2, 0.25) is 0 Å². The van der Waals surface area contributed by atoms with Gasteiger partial charge in [0.2, 0.25) is 0 Å². The van der Waals surface area contributed by atoms with Gasteiger partial charge >= 0.3 is 6.18 Å². The Morgan fingerprint density at radius 2 is 1.78 bits per heavy atom. The highest BCUT2D eigenvalue weighted by atomic mass is 19.4. The zero-order chi connectivity index (χ0) is 23.3.